The molecule has 3 heteroatoms. The highest BCUT2D eigenvalue weighted by Crippen LogP contribution is 2.20. The molecule has 0 heterocycles. The average molecular weight is 208 g/mol. The lowest BCUT2D eigenvalue weighted by molar-refractivity contribution is 0.131. The van der Waals surface area contributed by atoms with Gasteiger partial charge in [-0.05, 0) is 38.5 Å². The largest absolute Gasteiger partial charge is 0.488 e. The molecule has 0 amide bonds. The minimum Gasteiger partial charge on any atom is -0.488 e. The zero-order valence-corrected chi connectivity index (χ0v) is 9.66. The summed E-state index contributed by atoms with van der Waals surface area (Å²) in [5.41, 5.74) is 12.2. The molecular formula is C12H20N2O. The van der Waals surface area contributed by atoms with Crippen LogP contribution in [0.25, 0.3) is 0 Å². The van der Waals surface area contributed by atoms with Crippen LogP contribution in [0.15, 0.2) is 24.3 Å². The van der Waals surface area contributed by atoms with Gasteiger partial charge in [-0.3, -0.25) is 0 Å². The topological polar surface area (TPSA) is 61.3 Å². The van der Waals surface area contributed by atoms with E-state index in [0.717, 1.165) is 11.3 Å². The Morgan fingerprint density at radius 2 is 1.73 bits per heavy atom. The number of ether oxygens (including phenoxy) is 1. The number of rotatable bonds is 3. The van der Waals surface area contributed by atoms with E-state index in [0.29, 0.717) is 6.54 Å². The second kappa shape index (κ2) is 4.64. The Balaban J connectivity index is 2.72. The summed E-state index contributed by atoms with van der Waals surface area (Å²) in [6.07, 6.45) is 0. The summed E-state index contributed by atoms with van der Waals surface area (Å²) in [5.74, 6) is 0.857. The number of hydrogen-bond donors (Lipinski definition) is 2. The summed E-state index contributed by atoms with van der Waals surface area (Å²) < 4.78 is 5.70. The lowest BCUT2D eigenvalue weighted by Gasteiger charge is -2.21. The molecule has 3 nitrogen and oxygen atoms in total. The third kappa shape index (κ3) is 3.90. The molecule has 0 fully saturated rings. The molecule has 0 unspecified atom stereocenters. The van der Waals surface area contributed by atoms with Gasteiger partial charge >= 0.3 is 0 Å². The highest BCUT2D eigenvalue weighted by atomic mass is 16.5. The summed E-state index contributed by atoms with van der Waals surface area (Å²) in [6.45, 7) is 6.52. The Kier molecular flexibility index (Phi) is 3.72. The minimum atomic E-state index is -0.169. The van der Waals surface area contributed by atoms with E-state index in [2.05, 4.69) is 0 Å². The Morgan fingerprint density at radius 1 is 1.20 bits per heavy atom. The lowest BCUT2D eigenvalue weighted by Crippen LogP contribution is -2.23. The molecule has 1 aromatic rings. The van der Waals surface area contributed by atoms with Crippen LogP contribution in [0.2, 0.25) is 0 Å². The van der Waals surface area contributed by atoms with Gasteiger partial charge in [0.05, 0.1) is 0 Å². The van der Waals surface area contributed by atoms with Crippen molar-refractivity contribution in [3.05, 3.63) is 29.8 Å². The van der Waals surface area contributed by atoms with Crippen molar-refractivity contribution < 1.29 is 4.74 Å². The molecule has 1 atom stereocenters. The SMILES string of the molecule is CC(C)(C)Oc1ccc([C@H](N)CN)cc1. The molecule has 0 aliphatic carbocycles. The van der Waals surface area contributed by atoms with E-state index in [1.165, 1.54) is 0 Å². The summed E-state index contributed by atoms with van der Waals surface area (Å²) in [5, 5.41) is 0. The van der Waals surface area contributed by atoms with Gasteiger partial charge in [-0.15, -0.1) is 0 Å². The molecule has 84 valence electrons. The molecule has 0 aromatic heterocycles. The van der Waals surface area contributed by atoms with Crippen molar-refractivity contribution in [1.82, 2.24) is 0 Å². The van der Waals surface area contributed by atoms with Gasteiger partial charge in [0.15, 0.2) is 0 Å². The smallest absolute Gasteiger partial charge is 0.120 e. The first-order valence-corrected chi connectivity index (χ1v) is 5.17. The Hall–Kier alpha value is -1.06. The molecule has 0 bridgehead atoms. The van der Waals surface area contributed by atoms with E-state index in [1.807, 2.05) is 45.0 Å². The van der Waals surface area contributed by atoms with Crippen LogP contribution < -0.4 is 16.2 Å². The summed E-state index contributed by atoms with van der Waals surface area (Å²) >= 11 is 0. The highest BCUT2D eigenvalue weighted by Gasteiger charge is 2.11. The first-order chi connectivity index (χ1) is 6.92. The zero-order chi connectivity index (χ0) is 11.5. The van der Waals surface area contributed by atoms with Crippen molar-refractivity contribution in [2.75, 3.05) is 6.54 Å². The molecular weight excluding hydrogens is 188 g/mol. The molecule has 4 N–H and O–H groups in total. The standard InChI is InChI=1S/C12H20N2O/c1-12(2,3)15-10-6-4-9(5-7-10)11(14)8-13/h4-7,11H,8,13-14H2,1-3H3/t11-/m1/s1. The number of nitrogens with two attached hydrogens (primary N) is 2. The highest BCUT2D eigenvalue weighted by molar-refractivity contribution is 5.29. The van der Waals surface area contributed by atoms with Gasteiger partial charge in [0.2, 0.25) is 0 Å². The average Bonchev–Trinajstić information content (AvgIpc) is 2.15. The lowest BCUT2D eigenvalue weighted by atomic mass is 10.1. The fourth-order valence-electron chi connectivity index (χ4n) is 1.27. The second-order valence-corrected chi connectivity index (χ2v) is 4.63. The molecule has 0 aliphatic heterocycles. The molecule has 0 radical (unpaired) electrons. The van der Waals surface area contributed by atoms with Crippen molar-refractivity contribution >= 4 is 0 Å². The van der Waals surface area contributed by atoms with E-state index in [9.17, 15) is 0 Å². The van der Waals surface area contributed by atoms with Gasteiger partial charge in [0.25, 0.3) is 0 Å². The van der Waals surface area contributed by atoms with Crippen LogP contribution in [0.4, 0.5) is 0 Å². The van der Waals surface area contributed by atoms with Gasteiger partial charge < -0.3 is 16.2 Å². The van der Waals surface area contributed by atoms with Crippen molar-refractivity contribution in [1.29, 1.82) is 0 Å². The van der Waals surface area contributed by atoms with Gasteiger partial charge in [-0.25, -0.2) is 0 Å². The van der Waals surface area contributed by atoms with E-state index < -0.39 is 0 Å². The van der Waals surface area contributed by atoms with E-state index in [-0.39, 0.29) is 11.6 Å². The molecule has 0 saturated heterocycles. The van der Waals surface area contributed by atoms with Crippen molar-refractivity contribution in [3.63, 3.8) is 0 Å². The maximum atomic E-state index is 5.81. The Bertz CT molecular complexity index is 300. The number of hydrogen-bond acceptors (Lipinski definition) is 3. The quantitative estimate of drug-likeness (QED) is 0.796. The van der Waals surface area contributed by atoms with Crippen molar-refractivity contribution in [3.8, 4) is 5.75 Å². The van der Waals surface area contributed by atoms with Crippen LogP contribution >= 0.6 is 0 Å². The van der Waals surface area contributed by atoms with Crippen molar-refractivity contribution in [2.45, 2.75) is 32.4 Å². The fourth-order valence-corrected chi connectivity index (χ4v) is 1.27. The summed E-state index contributed by atoms with van der Waals surface area (Å²) in [7, 11) is 0. The van der Waals surface area contributed by atoms with Crippen LogP contribution in [-0.4, -0.2) is 12.1 Å². The van der Waals surface area contributed by atoms with Crippen LogP contribution in [0.1, 0.15) is 32.4 Å². The van der Waals surface area contributed by atoms with Gasteiger partial charge in [0, 0.05) is 12.6 Å². The maximum absolute atomic E-state index is 5.81. The van der Waals surface area contributed by atoms with E-state index >= 15 is 0 Å². The minimum absolute atomic E-state index is 0.0892. The van der Waals surface area contributed by atoms with Crippen LogP contribution in [0.5, 0.6) is 5.75 Å². The van der Waals surface area contributed by atoms with Crippen molar-refractivity contribution in [2.24, 2.45) is 11.5 Å². The number of benzene rings is 1. The molecule has 1 rings (SSSR count). The second-order valence-electron chi connectivity index (χ2n) is 4.63. The third-order valence-corrected chi connectivity index (χ3v) is 1.99. The van der Waals surface area contributed by atoms with Gasteiger partial charge in [-0.2, -0.15) is 0 Å². The molecule has 0 spiro atoms. The van der Waals surface area contributed by atoms with Crippen LogP contribution in [0, 0.1) is 0 Å². The van der Waals surface area contributed by atoms with E-state index in [4.69, 9.17) is 16.2 Å². The van der Waals surface area contributed by atoms with Crippen LogP contribution in [0.3, 0.4) is 0 Å². The first-order valence-electron chi connectivity index (χ1n) is 5.17. The third-order valence-electron chi connectivity index (χ3n) is 1.99. The first kappa shape index (κ1) is 12.0. The maximum Gasteiger partial charge on any atom is 0.120 e. The zero-order valence-electron chi connectivity index (χ0n) is 9.66. The Labute approximate surface area is 91.4 Å². The normalized spacial score (nSPS) is 13.7. The monoisotopic (exact) mass is 208 g/mol. The fraction of sp³-hybridized carbons (Fsp3) is 0.500. The Morgan fingerprint density at radius 3 is 2.13 bits per heavy atom. The predicted molar refractivity (Wildman–Crippen MR) is 62.8 cm³/mol. The van der Waals surface area contributed by atoms with E-state index in [1.54, 1.807) is 0 Å². The molecule has 1 aromatic carbocycles. The molecule has 15 heavy (non-hydrogen) atoms. The van der Waals surface area contributed by atoms with Gasteiger partial charge in [-0.1, -0.05) is 12.1 Å². The molecule has 0 saturated carbocycles. The predicted octanol–water partition coefficient (Wildman–Crippen LogP) is 1.82. The van der Waals surface area contributed by atoms with Crippen LogP contribution in [-0.2, 0) is 0 Å². The summed E-state index contributed by atoms with van der Waals surface area (Å²) in [4.78, 5) is 0. The summed E-state index contributed by atoms with van der Waals surface area (Å²) in [6, 6.07) is 7.68. The van der Waals surface area contributed by atoms with Gasteiger partial charge in [0.1, 0.15) is 11.4 Å². The molecule has 0 aliphatic rings.